The van der Waals surface area contributed by atoms with E-state index in [1.54, 1.807) is 18.0 Å². The Balaban J connectivity index is 2.36. The van der Waals surface area contributed by atoms with Crippen molar-refractivity contribution in [2.45, 2.75) is 5.09 Å². The topological polar surface area (TPSA) is 13.1 Å². The third kappa shape index (κ3) is 1.78. The Hall–Kier alpha value is -1.15. The SMILES string of the molecule is CSc1cc(-c2ccccc2)co1. The Labute approximate surface area is 81.8 Å². The second-order valence-corrected chi connectivity index (χ2v) is 3.54. The zero-order valence-corrected chi connectivity index (χ0v) is 8.17. The third-order valence-electron chi connectivity index (χ3n) is 1.88. The van der Waals surface area contributed by atoms with Crippen LogP contribution in [0.2, 0.25) is 0 Å². The van der Waals surface area contributed by atoms with Crippen LogP contribution in [-0.2, 0) is 0 Å². The van der Waals surface area contributed by atoms with Gasteiger partial charge >= 0.3 is 0 Å². The fraction of sp³-hybridized carbons (Fsp3) is 0.0909. The van der Waals surface area contributed by atoms with E-state index in [1.807, 2.05) is 24.5 Å². The normalized spacial score (nSPS) is 10.2. The highest BCUT2D eigenvalue weighted by Gasteiger charge is 2.01. The summed E-state index contributed by atoms with van der Waals surface area (Å²) >= 11 is 1.62. The third-order valence-corrected chi connectivity index (χ3v) is 2.50. The van der Waals surface area contributed by atoms with Crippen molar-refractivity contribution in [3.63, 3.8) is 0 Å². The van der Waals surface area contributed by atoms with Crippen LogP contribution in [0.25, 0.3) is 11.1 Å². The summed E-state index contributed by atoms with van der Waals surface area (Å²) in [6.07, 6.45) is 3.80. The quantitative estimate of drug-likeness (QED) is 0.670. The maximum absolute atomic E-state index is 5.33. The summed E-state index contributed by atoms with van der Waals surface area (Å²) in [5, 5.41) is 0.957. The molecule has 0 unspecified atom stereocenters. The molecule has 0 aliphatic carbocycles. The van der Waals surface area contributed by atoms with Crippen LogP contribution in [0.15, 0.2) is 52.2 Å². The van der Waals surface area contributed by atoms with Crippen molar-refractivity contribution >= 4 is 11.8 Å². The van der Waals surface area contributed by atoms with Gasteiger partial charge < -0.3 is 4.42 Å². The largest absolute Gasteiger partial charge is 0.458 e. The van der Waals surface area contributed by atoms with Crippen LogP contribution in [-0.4, -0.2) is 6.26 Å². The first-order valence-electron chi connectivity index (χ1n) is 4.08. The van der Waals surface area contributed by atoms with Crippen molar-refractivity contribution < 1.29 is 4.42 Å². The molecule has 0 atom stereocenters. The Morgan fingerprint density at radius 1 is 1.08 bits per heavy atom. The van der Waals surface area contributed by atoms with Gasteiger partial charge in [0.25, 0.3) is 0 Å². The highest BCUT2D eigenvalue weighted by Crippen LogP contribution is 2.25. The molecule has 2 heteroatoms. The summed E-state index contributed by atoms with van der Waals surface area (Å²) in [6, 6.07) is 12.3. The van der Waals surface area contributed by atoms with E-state index in [1.165, 1.54) is 5.56 Å². The Morgan fingerprint density at radius 3 is 2.46 bits per heavy atom. The molecule has 1 nitrogen and oxygen atoms in total. The number of hydrogen-bond donors (Lipinski definition) is 0. The van der Waals surface area contributed by atoms with E-state index < -0.39 is 0 Å². The summed E-state index contributed by atoms with van der Waals surface area (Å²) in [5.74, 6) is 0. The van der Waals surface area contributed by atoms with Gasteiger partial charge in [-0.15, -0.1) is 0 Å². The van der Waals surface area contributed by atoms with Gasteiger partial charge in [0.15, 0.2) is 5.09 Å². The van der Waals surface area contributed by atoms with E-state index in [2.05, 4.69) is 18.2 Å². The molecule has 13 heavy (non-hydrogen) atoms. The van der Waals surface area contributed by atoms with Crippen molar-refractivity contribution in [2.75, 3.05) is 6.26 Å². The summed E-state index contributed by atoms with van der Waals surface area (Å²) < 4.78 is 5.33. The molecule has 1 aromatic carbocycles. The second-order valence-electron chi connectivity index (χ2n) is 2.72. The van der Waals surface area contributed by atoms with Gasteiger partial charge in [-0.05, 0) is 17.9 Å². The summed E-state index contributed by atoms with van der Waals surface area (Å²) in [5.41, 5.74) is 2.34. The molecule has 0 aliphatic rings. The first kappa shape index (κ1) is 8.45. The fourth-order valence-electron chi connectivity index (χ4n) is 1.21. The zero-order chi connectivity index (χ0) is 9.10. The van der Waals surface area contributed by atoms with Crippen molar-refractivity contribution in [1.82, 2.24) is 0 Å². The van der Waals surface area contributed by atoms with Crippen molar-refractivity contribution in [3.05, 3.63) is 42.7 Å². The van der Waals surface area contributed by atoms with Crippen LogP contribution in [0.5, 0.6) is 0 Å². The maximum Gasteiger partial charge on any atom is 0.160 e. The molecule has 2 rings (SSSR count). The Kier molecular flexibility index (Phi) is 2.41. The molecule has 0 radical (unpaired) electrons. The number of benzene rings is 1. The molecule has 66 valence electrons. The highest BCUT2D eigenvalue weighted by atomic mass is 32.2. The van der Waals surface area contributed by atoms with Crippen molar-refractivity contribution in [3.8, 4) is 11.1 Å². The van der Waals surface area contributed by atoms with Crippen LogP contribution in [0.1, 0.15) is 0 Å². The fourth-order valence-corrected chi connectivity index (χ4v) is 1.59. The van der Waals surface area contributed by atoms with E-state index in [4.69, 9.17) is 4.42 Å². The van der Waals surface area contributed by atoms with Crippen molar-refractivity contribution in [2.24, 2.45) is 0 Å². The molecular formula is C11H10OS. The van der Waals surface area contributed by atoms with Gasteiger partial charge in [-0.1, -0.05) is 42.1 Å². The molecule has 0 fully saturated rings. The molecule has 0 N–H and O–H groups in total. The predicted octanol–water partition coefficient (Wildman–Crippen LogP) is 3.67. The predicted molar refractivity (Wildman–Crippen MR) is 55.9 cm³/mol. The zero-order valence-electron chi connectivity index (χ0n) is 7.36. The molecule has 0 bridgehead atoms. The summed E-state index contributed by atoms with van der Waals surface area (Å²) in [6.45, 7) is 0. The highest BCUT2D eigenvalue weighted by molar-refractivity contribution is 7.98. The van der Waals surface area contributed by atoms with Gasteiger partial charge in [-0.2, -0.15) is 0 Å². The molecule has 0 amide bonds. The van der Waals surface area contributed by atoms with E-state index in [-0.39, 0.29) is 0 Å². The molecule has 1 aromatic heterocycles. The van der Waals surface area contributed by atoms with Crippen LogP contribution in [0.3, 0.4) is 0 Å². The lowest BCUT2D eigenvalue weighted by atomic mass is 10.1. The minimum atomic E-state index is 0.957. The number of thioether (sulfide) groups is 1. The maximum atomic E-state index is 5.33. The Bertz CT molecular complexity index is 378. The van der Waals surface area contributed by atoms with E-state index >= 15 is 0 Å². The summed E-state index contributed by atoms with van der Waals surface area (Å²) in [4.78, 5) is 0. The second kappa shape index (κ2) is 3.71. The molecule has 0 aliphatic heterocycles. The van der Waals surface area contributed by atoms with Gasteiger partial charge in [0.2, 0.25) is 0 Å². The van der Waals surface area contributed by atoms with Crippen LogP contribution in [0, 0.1) is 0 Å². The van der Waals surface area contributed by atoms with E-state index in [9.17, 15) is 0 Å². The number of furan rings is 1. The number of rotatable bonds is 2. The molecular weight excluding hydrogens is 180 g/mol. The van der Waals surface area contributed by atoms with Crippen LogP contribution >= 0.6 is 11.8 Å². The first-order chi connectivity index (χ1) is 6.40. The van der Waals surface area contributed by atoms with Gasteiger partial charge in [0, 0.05) is 5.56 Å². The molecule has 0 spiro atoms. The average molecular weight is 190 g/mol. The molecule has 1 heterocycles. The van der Waals surface area contributed by atoms with Gasteiger partial charge in [-0.3, -0.25) is 0 Å². The Morgan fingerprint density at radius 2 is 1.85 bits per heavy atom. The average Bonchev–Trinajstić information content (AvgIpc) is 2.67. The lowest BCUT2D eigenvalue weighted by Gasteiger charge is -1.92. The standard InChI is InChI=1S/C11H10OS/c1-13-11-7-10(8-12-11)9-5-3-2-4-6-9/h2-8H,1H3. The molecule has 0 saturated carbocycles. The molecule has 0 saturated heterocycles. The minimum absolute atomic E-state index is 0.957. The van der Waals surface area contributed by atoms with Gasteiger partial charge in [-0.25, -0.2) is 0 Å². The first-order valence-corrected chi connectivity index (χ1v) is 5.30. The lowest BCUT2D eigenvalue weighted by Crippen LogP contribution is -1.69. The molecule has 2 aromatic rings. The van der Waals surface area contributed by atoms with Crippen LogP contribution in [0.4, 0.5) is 0 Å². The smallest absolute Gasteiger partial charge is 0.160 e. The monoisotopic (exact) mass is 190 g/mol. The van der Waals surface area contributed by atoms with Crippen molar-refractivity contribution in [1.29, 1.82) is 0 Å². The minimum Gasteiger partial charge on any atom is -0.458 e. The van der Waals surface area contributed by atoms with Crippen LogP contribution < -0.4 is 0 Å². The lowest BCUT2D eigenvalue weighted by molar-refractivity contribution is 0.475. The van der Waals surface area contributed by atoms with E-state index in [0.717, 1.165) is 10.7 Å². The van der Waals surface area contributed by atoms with E-state index in [0.29, 0.717) is 0 Å². The number of hydrogen-bond acceptors (Lipinski definition) is 2. The van der Waals surface area contributed by atoms with Gasteiger partial charge in [0.05, 0.1) is 6.26 Å². The summed E-state index contributed by atoms with van der Waals surface area (Å²) in [7, 11) is 0. The van der Waals surface area contributed by atoms with Gasteiger partial charge in [0.1, 0.15) is 0 Å².